The van der Waals surface area contributed by atoms with Crippen LogP contribution in [0.5, 0.6) is 0 Å². The Balaban J connectivity index is 1.98. The summed E-state index contributed by atoms with van der Waals surface area (Å²) >= 11 is 0. The van der Waals surface area contributed by atoms with Crippen LogP contribution in [-0.4, -0.2) is 38.4 Å². The lowest BCUT2D eigenvalue weighted by Gasteiger charge is -2.10. The van der Waals surface area contributed by atoms with Crippen molar-refractivity contribution in [2.24, 2.45) is 7.05 Å². The largest absolute Gasteiger partial charge is 0.481 e. The third kappa shape index (κ3) is 4.30. The smallest absolute Gasteiger partial charge is 0.319 e. The molecule has 8 nitrogen and oxygen atoms in total. The highest BCUT2D eigenvalue weighted by Crippen LogP contribution is 2.24. The minimum atomic E-state index is -0.881. The Morgan fingerprint density at radius 1 is 1.41 bits per heavy atom. The standard InChI is InChI=1S/C14H17N5O3/c1-19-9-10(8-17-19)13-11(4-2-6-15-13)18-14(22)16-7-3-5-12(20)21/h2,4,6,8-9H,3,5,7H2,1H3,(H,20,21)(H2,16,18,22). The van der Waals surface area contributed by atoms with E-state index in [1.807, 2.05) is 0 Å². The second kappa shape index (κ2) is 7.21. The van der Waals surface area contributed by atoms with Gasteiger partial charge in [-0.2, -0.15) is 5.10 Å². The van der Waals surface area contributed by atoms with Gasteiger partial charge in [0.15, 0.2) is 0 Å². The van der Waals surface area contributed by atoms with Gasteiger partial charge in [-0.3, -0.25) is 14.5 Å². The van der Waals surface area contributed by atoms with Gasteiger partial charge in [0.05, 0.1) is 17.6 Å². The maximum atomic E-state index is 11.8. The summed E-state index contributed by atoms with van der Waals surface area (Å²) in [6.07, 6.45) is 5.51. The fourth-order valence-corrected chi connectivity index (χ4v) is 1.89. The van der Waals surface area contributed by atoms with Crippen LogP contribution in [0, 0.1) is 0 Å². The average molecular weight is 303 g/mol. The molecule has 0 radical (unpaired) electrons. The van der Waals surface area contributed by atoms with Crippen LogP contribution >= 0.6 is 0 Å². The molecule has 0 fully saturated rings. The lowest BCUT2D eigenvalue weighted by Crippen LogP contribution is -2.30. The number of aliphatic carboxylic acids is 1. The molecule has 3 N–H and O–H groups in total. The second-order valence-corrected chi connectivity index (χ2v) is 4.68. The van der Waals surface area contributed by atoms with E-state index >= 15 is 0 Å². The summed E-state index contributed by atoms with van der Waals surface area (Å²) in [5.74, 6) is -0.881. The summed E-state index contributed by atoms with van der Waals surface area (Å²) in [5, 5.41) is 17.9. The minimum Gasteiger partial charge on any atom is -0.481 e. The highest BCUT2D eigenvalue weighted by molar-refractivity contribution is 5.93. The van der Waals surface area contributed by atoms with Crippen LogP contribution in [0.3, 0.4) is 0 Å². The van der Waals surface area contributed by atoms with Crippen molar-refractivity contribution in [3.63, 3.8) is 0 Å². The number of hydrogen-bond donors (Lipinski definition) is 3. The number of carboxylic acid groups (broad SMARTS) is 1. The van der Waals surface area contributed by atoms with E-state index in [2.05, 4.69) is 20.7 Å². The van der Waals surface area contributed by atoms with Crippen molar-refractivity contribution in [2.45, 2.75) is 12.8 Å². The summed E-state index contributed by atoms with van der Waals surface area (Å²) in [7, 11) is 1.80. The molecule has 0 unspecified atom stereocenters. The Hall–Kier alpha value is -2.90. The molecule has 0 saturated carbocycles. The third-order valence-corrected chi connectivity index (χ3v) is 2.89. The molecule has 0 aromatic carbocycles. The molecule has 0 aliphatic heterocycles. The van der Waals surface area contributed by atoms with Gasteiger partial charge in [0.1, 0.15) is 0 Å². The van der Waals surface area contributed by atoms with Gasteiger partial charge < -0.3 is 15.7 Å². The van der Waals surface area contributed by atoms with Crippen molar-refractivity contribution in [1.82, 2.24) is 20.1 Å². The highest BCUT2D eigenvalue weighted by atomic mass is 16.4. The SMILES string of the molecule is Cn1cc(-c2ncccc2NC(=O)NCCCC(=O)O)cn1. The Morgan fingerprint density at radius 2 is 2.23 bits per heavy atom. The van der Waals surface area contributed by atoms with E-state index in [0.717, 1.165) is 5.56 Å². The molecule has 0 aliphatic carbocycles. The zero-order chi connectivity index (χ0) is 15.9. The molecule has 8 heteroatoms. The van der Waals surface area contributed by atoms with Crippen LogP contribution in [0.4, 0.5) is 10.5 Å². The fraction of sp³-hybridized carbons (Fsp3) is 0.286. The summed E-state index contributed by atoms with van der Waals surface area (Å²) in [4.78, 5) is 26.5. The lowest BCUT2D eigenvalue weighted by atomic mass is 10.2. The fourth-order valence-electron chi connectivity index (χ4n) is 1.89. The number of hydrogen-bond acceptors (Lipinski definition) is 4. The van der Waals surface area contributed by atoms with Gasteiger partial charge in [0.2, 0.25) is 0 Å². The van der Waals surface area contributed by atoms with Crippen molar-refractivity contribution in [3.8, 4) is 11.3 Å². The van der Waals surface area contributed by atoms with Gasteiger partial charge in [0.25, 0.3) is 0 Å². The Kier molecular flexibility index (Phi) is 5.07. The number of rotatable bonds is 6. The van der Waals surface area contributed by atoms with Crippen LogP contribution in [-0.2, 0) is 11.8 Å². The number of carboxylic acids is 1. The van der Waals surface area contributed by atoms with Gasteiger partial charge in [-0.15, -0.1) is 0 Å². The quantitative estimate of drug-likeness (QED) is 0.700. The highest BCUT2D eigenvalue weighted by Gasteiger charge is 2.10. The summed E-state index contributed by atoms with van der Waals surface area (Å²) in [6.45, 7) is 0.292. The maximum Gasteiger partial charge on any atom is 0.319 e. The van der Waals surface area contributed by atoms with Crippen molar-refractivity contribution in [1.29, 1.82) is 0 Å². The average Bonchev–Trinajstić information content (AvgIpc) is 2.90. The molecule has 2 aromatic heterocycles. The van der Waals surface area contributed by atoms with E-state index in [0.29, 0.717) is 24.3 Å². The summed E-state index contributed by atoms with van der Waals surface area (Å²) in [6, 6.07) is 3.06. The Bertz CT molecular complexity index is 668. The minimum absolute atomic E-state index is 0.0219. The number of urea groups is 1. The third-order valence-electron chi connectivity index (χ3n) is 2.89. The number of pyridine rings is 1. The molecular weight excluding hydrogens is 286 g/mol. The second-order valence-electron chi connectivity index (χ2n) is 4.68. The molecular formula is C14H17N5O3. The summed E-state index contributed by atoms with van der Waals surface area (Å²) in [5.41, 5.74) is 1.98. The monoisotopic (exact) mass is 303 g/mol. The first-order valence-electron chi connectivity index (χ1n) is 6.77. The molecule has 0 spiro atoms. The normalized spacial score (nSPS) is 10.2. The number of amides is 2. The molecule has 2 heterocycles. The Labute approximate surface area is 127 Å². The molecule has 2 rings (SSSR count). The van der Waals surface area contributed by atoms with Crippen molar-refractivity contribution in [2.75, 3.05) is 11.9 Å². The van der Waals surface area contributed by atoms with Crippen molar-refractivity contribution < 1.29 is 14.7 Å². The van der Waals surface area contributed by atoms with Crippen LogP contribution in [0.1, 0.15) is 12.8 Å². The number of aromatic nitrogens is 3. The first kappa shape index (κ1) is 15.5. The van der Waals surface area contributed by atoms with E-state index in [1.165, 1.54) is 0 Å². The van der Waals surface area contributed by atoms with Gasteiger partial charge in [0, 0.05) is 38.0 Å². The number of nitrogens with one attached hydrogen (secondary N) is 2. The van der Waals surface area contributed by atoms with E-state index in [-0.39, 0.29) is 6.42 Å². The molecule has 22 heavy (non-hydrogen) atoms. The number of carbonyl (C=O) groups excluding carboxylic acids is 1. The topological polar surface area (TPSA) is 109 Å². The number of anilines is 1. The zero-order valence-corrected chi connectivity index (χ0v) is 12.1. The van der Waals surface area contributed by atoms with Gasteiger partial charge >= 0.3 is 12.0 Å². The van der Waals surface area contributed by atoms with Gasteiger partial charge in [-0.1, -0.05) is 0 Å². The molecule has 0 atom stereocenters. The molecule has 0 bridgehead atoms. The Morgan fingerprint density at radius 3 is 2.91 bits per heavy atom. The maximum absolute atomic E-state index is 11.8. The van der Waals surface area contributed by atoms with Gasteiger partial charge in [-0.25, -0.2) is 4.79 Å². The van der Waals surface area contributed by atoms with E-state index in [9.17, 15) is 9.59 Å². The number of nitrogens with zero attached hydrogens (tertiary/aromatic N) is 3. The van der Waals surface area contributed by atoms with Gasteiger partial charge in [-0.05, 0) is 18.6 Å². The first-order chi connectivity index (χ1) is 10.6. The summed E-state index contributed by atoms with van der Waals surface area (Å²) < 4.78 is 1.65. The van der Waals surface area contributed by atoms with Crippen LogP contribution in [0.2, 0.25) is 0 Å². The molecule has 0 saturated heterocycles. The van der Waals surface area contributed by atoms with Crippen LogP contribution in [0.25, 0.3) is 11.3 Å². The first-order valence-corrected chi connectivity index (χ1v) is 6.77. The van der Waals surface area contributed by atoms with E-state index < -0.39 is 12.0 Å². The predicted octanol–water partition coefficient (Wildman–Crippen LogP) is 1.47. The molecule has 2 aromatic rings. The zero-order valence-electron chi connectivity index (χ0n) is 12.1. The van der Waals surface area contributed by atoms with Crippen LogP contribution in [0.15, 0.2) is 30.7 Å². The number of carbonyl (C=O) groups is 2. The lowest BCUT2D eigenvalue weighted by molar-refractivity contribution is -0.137. The van der Waals surface area contributed by atoms with Crippen molar-refractivity contribution >= 4 is 17.7 Å². The molecule has 2 amide bonds. The van der Waals surface area contributed by atoms with Crippen LogP contribution < -0.4 is 10.6 Å². The van der Waals surface area contributed by atoms with E-state index in [4.69, 9.17) is 5.11 Å². The predicted molar refractivity (Wildman–Crippen MR) is 80.3 cm³/mol. The molecule has 0 aliphatic rings. The number of aryl methyl sites for hydroxylation is 1. The van der Waals surface area contributed by atoms with Crippen molar-refractivity contribution in [3.05, 3.63) is 30.7 Å². The van der Waals surface area contributed by atoms with E-state index in [1.54, 1.807) is 42.5 Å². The molecule has 116 valence electrons.